The molecule has 1 saturated heterocycles. The van der Waals surface area contributed by atoms with Crippen molar-refractivity contribution in [3.63, 3.8) is 0 Å². The lowest BCUT2D eigenvalue weighted by Gasteiger charge is -2.19. The lowest BCUT2D eigenvalue weighted by Crippen LogP contribution is -2.35. The van der Waals surface area contributed by atoms with E-state index >= 15 is 0 Å². The van der Waals surface area contributed by atoms with Crippen LogP contribution >= 0.6 is 11.3 Å². The van der Waals surface area contributed by atoms with Crippen LogP contribution in [0.5, 0.6) is 0 Å². The Morgan fingerprint density at radius 2 is 2.29 bits per heavy atom. The number of aromatic nitrogens is 2. The lowest BCUT2D eigenvalue weighted by atomic mass is 10.1. The molecule has 1 amide bonds. The number of fused-ring (bicyclic) bond motifs is 1. The molecule has 3 heterocycles. The second-order valence-corrected chi connectivity index (χ2v) is 7.30. The van der Waals surface area contributed by atoms with Crippen LogP contribution < -0.4 is 10.9 Å². The number of H-pyrrole nitrogens is 1. The van der Waals surface area contributed by atoms with Crippen LogP contribution in [-0.2, 0) is 4.74 Å². The van der Waals surface area contributed by atoms with Crippen LogP contribution in [0.1, 0.15) is 21.1 Å². The third-order valence-corrected chi connectivity index (χ3v) is 5.40. The number of ether oxygens (including phenoxy) is 1. The molecule has 0 bridgehead atoms. The number of nitrogens with zero attached hydrogens (tertiary/aromatic N) is 2. The topological polar surface area (TPSA) is 87.3 Å². The van der Waals surface area contributed by atoms with Crippen LogP contribution in [0.2, 0.25) is 0 Å². The Kier molecular flexibility index (Phi) is 4.98. The number of rotatable bonds is 3. The highest BCUT2D eigenvalue weighted by Gasteiger charge is 2.21. The summed E-state index contributed by atoms with van der Waals surface area (Å²) >= 11 is 1.27. The summed E-state index contributed by atoms with van der Waals surface area (Å²) < 4.78 is 5.57. The highest BCUT2D eigenvalue weighted by molar-refractivity contribution is 7.20. The maximum atomic E-state index is 12.5. The monoisotopic (exact) mass is 350 g/mol. The van der Waals surface area contributed by atoms with Crippen molar-refractivity contribution in [3.05, 3.63) is 26.6 Å². The fraction of sp³-hybridized carbons (Fsp3) is 0.562. The zero-order valence-electron chi connectivity index (χ0n) is 14.1. The molecule has 0 aliphatic carbocycles. The quantitative estimate of drug-likeness (QED) is 0.859. The molecule has 130 valence electrons. The number of aromatic amines is 1. The van der Waals surface area contributed by atoms with Gasteiger partial charge in [0.15, 0.2) is 0 Å². The van der Waals surface area contributed by atoms with Gasteiger partial charge in [0.2, 0.25) is 0 Å². The van der Waals surface area contributed by atoms with Gasteiger partial charge in [0.1, 0.15) is 10.7 Å². The number of hydrogen-bond acceptors (Lipinski definition) is 6. The van der Waals surface area contributed by atoms with Crippen molar-refractivity contribution in [1.82, 2.24) is 20.2 Å². The van der Waals surface area contributed by atoms with Gasteiger partial charge in [0, 0.05) is 25.6 Å². The first-order chi connectivity index (χ1) is 11.5. The third kappa shape index (κ3) is 3.50. The molecule has 1 atom stereocenters. The van der Waals surface area contributed by atoms with E-state index < -0.39 is 0 Å². The number of thiophene rings is 1. The van der Waals surface area contributed by atoms with Crippen molar-refractivity contribution >= 4 is 27.5 Å². The Labute approximate surface area is 144 Å². The van der Waals surface area contributed by atoms with E-state index in [4.69, 9.17) is 4.74 Å². The maximum Gasteiger partial charge on any atom is 0.261 e. The van der Waals surface area contributed by atoms with Gasteiger partial charge in [-0.25, -0.2) is 4.98 Å². The van der Waals surface area contributed by atoms with Crippen LogP contribution in [0, 0.1) is 19.8 Å². The number of carbonyl (C=O) groups excluding carboxylic acids is 1. The minimum Gasteiger partial charge on any atom is -0.380 e. The molecule has 7 nitrogen and oxygen atoms in total. The highest BCUT2D eigenvalue weighted by atomic mass is 32.1. The van der Waals surface area contributed by atoms with E-state index in [0.717, 1.165) is 19.7 Å². The van der Waals surface area contributed by atoms with Gasteiger partial charge >= 0.3 is 0 Å². The first kappa shape index (κ1) is 17.1. The van der Waals surface area contributed by atoms with E-state index in [1.54, 1.807) is 13.8 Å². The number of hydrogen-bond donors (Lipinski definition) is 2. The highest BCUT2D eigenvalue weighted by Crippen LogP contribution is 2.26. The van der Waals surface area contributed by atoms with Crippen LogP contribution in [0.3, 0.4) is 0 Å². The van der Waals surface area contributed by atoms with Gasteiger partial charge < -0.3 is 19.9 Å². The molecule has 24 heavy (non-hydrogen) atoms. The second kappa shape index (κ2) is 7.00. The number of amides is 1. The summed E-state index contributed by atoms with van der Waals surface area (Å²) in [5.41, 5.74) is 0.500. The maximum absolute atomic E-state index is 12.5. The molecule has 1 fully saturated rings. The van der Waals surface area contributed by atoms with Crippen molar-refractivity contribution in [2.24, 2.45) is 5.92 Å². The minimum atomic E-state index is -0.191. The summed E-state index contributed by atoms with van der Waals surface area (Å²) in [6, 6.07) is 0. The molecular weight excluding hydrogens is 328 g/mol. The van der Waals surface area contributed by atoms with Gasteiger partial charge in [-0.1, -0.05) is 0 Å². The van der Waals surface area contributed by atoms with Crippen LogP contribution in [0.15, 0.2) is 4.79 Å². The van der Waals surface area contributed by atoms with Gasteiger partial charge in [-0.15, -0.1) is 11.3 Å². The summed E-state index contributed by atoms with van der Waals surface area (Å²) in [4.78, 5) is 35.0. The van der Waals surface area contributed by atoms with E-state index in [0.29, 0.717) is 39.6 Å². The molecule has 3 rings (SSSR count). The second-order valence-electron chi connectivity index (χ2n) is 6.30. The molecule has 1 unspecified atom stereocenters. The zero-order chi connectivity index (χ0) is 17.3. The van der Waals surface area contributed by atoms with Gasteiger partial charge in [-0.05, 0) is 26.5 Å². The molecule has 0 saturated carbocycles. The molecule has 0 radical (unpaired) electrons. The Morgan fingerprint density at radius 3 is 3.08 bits per heavy atom. The van der Waals surface area contributed by atoms with Gasteiger partial charge in [-0.3, -0.25) is 9.59 Å². The van der Waals surface area contributed by atoms with Gasteiger partial charge in [0.25, 0.3) is 11.5 Å². The summed E-state index contributed by atoms with van der Waals surface area (Å²) in [5, 5.41) is 3.49. The molecule has 1 aliphatic rings. The minimum absolute atomic E-state index is 0.153. The largest absolute Gasteiger partial charge is 0.380 e. The normalized spacial score (nSPS) is 19.4. The van der Waals surface area contributed by atoms with Crippen LogP contribution in [0.25, 0.3) is 10.2 Å². The molecule has 2 N–H and O–H groups in total. The van der Waals surface area contributed by atoms with Crippen molar-refractivity contribution in [2.45, 2.75) is 13.8 Å². The first-order valence-corrected chi connectivity index (χ1v) is 8.82. The fourth-order valence-corrected chi connectivity index (χ4v) is 4.11. The Bertz CT molecular complexity index is 813. The standard InChI is InChI=1S/C16H22N4O3S/c1-9-12-14(21)18-10(2)19-16(12)24-13(9)15(22)17-6-11-7-20(3)4-5-23-8-11/h11H,4-8H2,1-3H3,(H,17,22)(H,18,19,21). The molecule has 0 spiro atoms. The van der Waals surface area contributed by atoms with Crippen molar-refractivity contribution in [2.75, 3.05) is 39.9 Å². The molecule has 2 aromatic heterocycles. The Hall–Kier alpha value is -1.77. The number of likely N-dealkylation sites (N-methyl/N-ethyl adjacent to an activating group) is 1. The summed E-state index contributed by atoms with van der Waals surface area (Å²) in [6.07, 6.45) is 0. The van der Waals surface area contributed by atoms with E-state index in [-0.39, 0.29) is 17.4 Å². The van der Waals surface area contributed by atoms with Crippen molar-refractivity contribution in [3.8, 4) is 0 Å². The first-order valence-electron chi connectivity index (χ1n) is 8.00. The Balaban J connectivity index is 1.75. The summed E-state index contributed by atoms with van der Waals surface area (Å²) in [7, 11) is 2.06. The average Bonchev–Trinajstić information content (AvgIpc) is 2.71. The molecule has 1 aliphatic heterocycles. The molecular formula is C16H22N4O3S. The van der Waals surface area contributed by atoms with Gasteiger partial charge in [-0.2, -0.15) is 0 Å². The molecule has 2 aromatic rings. The number of aryl methyl sites for hydroxylation is 2. The van der Waals surface area contributed by atoms with E-state index in [2.05, 4.69) is 27.2 Å². The Morgan fingerprint density at radius 1 is 1.50 bits per heavy atom. The predicted octanol–water partition coefficient (Wildman–Crippen LogP) is 0.909. The predicted molar refractivity (Wildman–Crippen MR) is 93.9 cm³/mol. The van der Waals surface area contributed by atoms with Crippen molar-refractivity contribution in [1.29, 1.82) is 0 Å². The van der Waals surface area contributed by atoms with E-state index in [1.807, 2.05) is 0 Å². The van der Waals surface area contributed by atoms with Crippen molar-refractivity contribution < 1.29 is 9.53 Å². The molecule has 0 aromatic carbocycles. The van der Waals surface area contributed by atoms with Gasteiger partial charge in [0.05, 0.1) is 23.5 Å². The third-order valence-electron chi connectivity index (χ3n) is 4.22. The average molecular weight is 350 g/mol. The number of carbonyl (C=O) groups is 1. The summed E-state index contributed by atoms with van der Waals surface area (Å²) in [6.45, 7) is 7.26. The SMILES string of the molecule is Cc1nc2sc(C(=O)NCC3COCCN(C)C3)c(C)c2c(=O)[nH]1. The lowest BCUT2D eigenvalue weighted by molar-refractivity contribution is 0.0925. The summed E-state index contributed by atoms with van der Waals surface area (Å²) in [5.74, 6) is 0.665. The van der Waals surface area contributed by atoms with Crippen LogP contribution in [-0.4, -0.2) is 60.7 Å². The van der Waals surface area contributed by atoms with E-state index in [9.17, 15) is 9.59 Å². The van der Waals surface area contributed by atoms with Crippen LogP contribution in [0.4, 0.5) is 0 Å². The van der Waals surface area contributed by atoms with E-state index in [1.165, 1.54) is 11.3 Å². The number of nitrogens with one attached hydrogen (secondary N) is 2. The smallest absolute Gasteiger partial charge is 0.261 e. The zero-order valence-corrected chi connectivity index (χ0v) is 15.0. The molecule has 8 heteroatoms. The fourth-order valence-electron chi connectivity index (χ4n) is 2.96.